The van der Waals surface area contributed by atoms with Crippen LogP contribution in [0.15, 0.2) is 133 Å². The molecule has 11 N–H and O–H groups in total. The molecule has 1 saturated heterocycles. The van der Waals surface area contributed by atoms with Gasteiger partial charge in [0.25, 0.3) is 11.8 Å². The summed E-state index contributed by atoms with van der Waals surface area (Å²) in [6, 6.07) is 28.1. The lowest BCUT2D eigenvalue weighted by Crippen LogP contribution is -2.82. The number of ketones is 1. The summed E-state index contributed by atoms with van der Waals surface area (Å²) < 4.78 is 30.3. The maximum absolute atomic E-state index is 15.5. The van der Waals surface area contributed by atoms with Gasteiger partial charge in [-0.15, -0.1) is 0 Å². The Morgan fingerprint density at radius 1 is 0.779 bits per heavy atom. The van der Waals surface area contributed by atoms with Crippen LogP contribution < -0.4 is 27.0 Å². The summed E-state index contributed by atoms with van der Waals surface area (Å²) in [5, 5.41) is 60.5. The van der Waals surface area contributed by atoms with Gasteiger partial charge in [-0.1, -0.05) is 80.6 Å². The van der Waals surface area contributed by atoms with E-state index in [1.165, 1.54) is 38.1 Å². The van der Waals surface area contributed by atoms with Crippen molar-refractivity contribution < 1.29 is 92.4 Å². The molecule has 95 heavy (non-hydrogen) atoms. The van der Waals surface area contributed by atoms with E-state index in [-0.39, 0.29) is 65.5 Å². The Hall–Kier alpha value is -10.3. The number of nitrogens with two attached hydrogens (primary N) is 2. The Balaban J connectivity index is 0.000000270. The van der Waals surface area contributed by atoms with Crippen LogP contribution in [0.5, 0.6) is 0 Å². The molecule has 28 nitrogen and oxygen atoms in total. The van der Waals surface area contributed by atoms with Crippen molar-refractivity contribution in [3.63, 3.8) is 0 Å². The first-order valence-electron chi connectivity index (χ1n) is 30.2. The Kier molecular flexibility index (Phi) is 20.2. The lowest BCUT2D eigenvalue weighted by molar-refractivity contribution is -0.346. The molecule has 2 amide bonds. The van der Waals surface area contributed by atoms with E-state index in [4.69, 9.17) is 40.3 Å². The van der Waals surface area contributed by atoms with Crippen LogP contribution in [0.3, 0.4) is 0 Å². The van der Waals surface area contributed by atoms with Gasteiger partial charge in [-0.05, 0) is 85.5 Å². The Labute approximate surface area is 544 Å². The minimum absolute atomic E-state index is 0.00289. The average molecular weight is 1310 g/mol. The van der Waals surface area contributed by atoms with Gasteiger partial charge in [0.05, 0.1) is 54.1 Å². The van der Waals surface area contributed by atoms with E-state index in [9.17, 15) is 58.8 Å². The highest BCUT2D eigenvalue weighted by Crippen LogP contribution is 2.64. The zero-order valence-corrected chi connectivity index (χ0v) is 52.8. The Bertz CT molecular complexity index is 3980. The van der Waals surface area contributed by atoms with Crippen molar-refractivity contribution in [3.05, 3.63) is 161 Å². The molecule has 3 heterocycles. The summed E-state index contributed by atoms with van der Waals surface area (Å²) in [6.45, 7) is 8.34. The lowest BCUT2D eigenvalue weighted by Gasteiger charge is -2.67. The van der Waals surface area contributed by atoms with Gasteiger partial charge < -0.3 is 76.2 Å². The third-order valence-corrected chi connectivity index (χ3v) is 18.2. The topological polar surface area (TPSA) is 432 Å². The average Bonchev–Trinajstić information content (AvgIpc) is 0.670. The fourth-order valence-corrected chi connectivity index (χ4v) is 13.2. The summed E-state index contributed by atoms with van der Waals surface area (Å²) in [7, 11) is 1.82. The first kappa shape index (κ1) is 69.1. The standard InChI is InChI=1S/C47H51NO14.C20H22N8O5/c1-25-31(60-43(56)36(52)35(28-16-10-7-11-17-28)48-41(54)29-18-12-8-13-19-29)23-47(57)40(61-42(55)30-20-14-9-15-21-30)38-45(6,32(51)22-33-46(38,24-58-33)62-27(3)50)39(53)37(59-26(2)49)34(25)44(47,4)5;1-28(9-11-8-23-17-15(24-11)16(21)26-20(22)27-17)12-4-2-10(3-5-12)18(31)25-13(19(32)33)6-7-14(29)30/h7-21,31-33,35-38,40,51-52,57H,22-24H2,1-6H3,(H,48,54);2-5,8,13H,6-7,9H2,1H3,(H,25,31)(H,29,30)(H,32,33)(H4,21,22,23,26,27)/t31-,32-,33+,35-,36+,37+,38-,40-,45+,46-,47+;13-/m00/s1. The van der Waals surface area contributed by atoms with E-state index in [0.29, 0.717) is 29.0 Å². The van der Waals surface area contributed by atoms with Crippen molar-refractivity contribution in [1.82, 2.24) is 30.6 Å². The second-order valence-corrected chi connectivity index (χ2v) is 24.6. The molecule has 500 valence electrons. The minimum Gasteiger partial charge on any atom is -0.481 e. The molecule has 4 aromatic carbocycles. The minimum atomic E-state index is -2.39. The number of aromatic nitrogens is 4. The van der Waals surface area contributed by atoms with E-state index in [1.54, 1.807) is 111 Å². The van der Waals surface area contributed by atoms with E-state index >= 15 is 4.79 Å². The molecule has 2 bridgehead atoms. The van der Waals surface area contributed by atoms with Crippen LogP contribution in [0.4, 0.5) is 17.5 Å². The molecular weight excluding hydrogens is 1230 g/mol. The molecule has 12 atom stereocenters. The number of esters is 4. The van der Waals surface area contributed by atoms with Crippen LogP contribution >= 0.6 is 0 Å². The van der Waals surface area contributed by atoms with Gasteiger partial charge in [0.2, 0.25) is 5.95 Å². The summed E-state index contributed by atoms with van der Waals surface area (Å²) in [5.41, 5.74) is 6.64. The van der Waals surface area contributed by atoms with Crippen LogP contribution in [0, 0.1) is 16.7 Å². The number of amides is 2. The number of nitrogens with one attached hydrogen (secondary N) is 2. The fourth-order valence-electron chi connectivity index (χ4n) is 13.2. The molecule has 6 aromatic rings. The number of anilines is 3. The number of carbonyl (C=O) groups is 9. The number of hydrogen-bond acceptors (Lipinski definition) is 24. The van der Waals surface area contributed by atoms with Crippen molar-refractivity contribution >= 4 is 82.0 Å². The number of hydrogen-bond donors (Lipinski definition) is 9. The van der Waals surface area contributed by atoms with E-state index in [1.807, 2.05) is 11.9 Å². The lowest BCUT2D eigenvalue weighted by atomic mass is 9.44. The number of Topliss-reactive ketones (excluding diaryl/α,β-unsaturated/α-hetero) is 1. The highest BCUT2D eigenvalue weighted by molar-refractivity contribution is 5.98. The van der Waals surface area contributed by atoms with Gasteiger partial charge in [0.15, 0.2) is 40.6 Å². The summed E-state index contributed by atoms with van der Waals surface area (Å²) in [4.78, 5) is 136. The largest absolute Gasteiger partial charge is 0.481 e. The fraction of sp³-hybridized carbons (Fsp3) is 0.388. The molecule has 0 radical (unpaired) electrons. The molecular formula is C67H73N9O19. The third-order valence-electron chi connectivity index (χ3n) is 18.2. The number of carboxylic acid groups (broad SMARTS) is 2. The summed E-state index contributed by atoms with van der Waals surface area (Å²) >= 11 is 0. The zero-order chi connectivity index (χ0) is 69.1. The van der Waals surface area contributed by atoms with Crippen molar-refractivity contribution in [3.8, 4) is 0 Å². The number of nitrogens with zero attached hydrogens (tertiary/aromatic N) is 5. The van der Waals surface area contributed by atoms with Crippen molar-refractivity contribution in [1.29, 1.82) is 0 Å². The first-order chi connectivity index (χ1) is 44.9. The van der Waals surface area contributed by atoms with Crippen LogP contribution in [-0.4, -0.2) is 166 Å². The van der Waals surface area contributed by atoms with Crippen molar-refractivity contribution in [2.45, 2.75) is 134 Å². The van der Waals surface area contributed by atoms with Crippen molar-refractivity contribution in [2.24, 2.45) is 16.7 Å². The second kappa shape index (κ2) is 27.7. The number of aliphatic hydroxyl groups is 3. The van der Waals surface area contributed by atoms with E-state index in [2.05, 4.69) is 30.6 Å². The molecule has 4 aliphatic rings. The van der Waals surface area contributed by atoms with Gasteiger partial charge >= 0.3 is 35.8 Å². The van der Waals surface area contributed by atoms with E-state index < -0.39 is 136 Å². The number of aliphatic carboxylic acids is 2. The van der Waals surface area contributed by atoms with Crippen LogP contribution in [-0.2, 0) is 59.0 Å². The quantitative estimate of drug-likeness (QED) is 0.0314. The maximum atomic E-state index is 15.5. The number of benzene rings is 4. The van der Waals surface area contributed by atoms with Gasteiger partial charge in [-0.3, -0.25) is 28.8 Å². The predicted octanol–water partition coefficient (Wildman–Crippen LogP) is 4.00. The molecule has 2 aromatic heterocycles. The molecule has 1 aliphatic heterocycles. The second-order valence-electron chi connectivity index (χ2n) is 24.6. The normalized spacial score (nSPS) is 24.8. The monoisotopic (exact) mass is 1310 g/mol. The number of fused-ring (bicyclic) bond motifs is 6. The third kappa shape index (κ3) is 13.9. The molecule has 3 aliphatic carbocycles. The molecule has 3 fully saturated rings. The zero-order valence-electron chi connectivity index (χ0n) is 52.8. The number of rotatable bonds is 19. The summed E-state index contributed by atoms with van der Waals surface area (Å²) in [6.07, 6.45) is -9.55. The van der Waals surface area contributed by atoms with Gasteiger partial charge in [-0.2, -0.15) is 9.97 Å². The smallest absolute Gasteiger partial charge is 0.338 e. The van der Waals surface area contributed by atoms with Crippen molar-refractivity contribution in [2.75, 3.05) is 30.0 Å². The number of carbonyl (C=O) groups excluding carboxylic acids is 7. The number of aliphatic hydroxyl groups excluding tert-OH is 2. The molecule has 0 unspecified atom stereocenters. The number of carboxylic acids is 2. The molecule has 10 rings (SSSR count). The number of ether oxygens (including phenoxy) is 5. The highest BCUT2D eigenvalue weighted by atomic mass is 16.6. The predicted molar refractivity (Wildman–Crippen MR) is 336 cm³/mol. The Morgan fingerprint density at radius 3 is 1.96 bits per heavy atom. The molecule has 28 heteroatoms. The van der Waals surface area contributed by atoms with Gasteiger partial charge in [-0.25, -0.2) is 24.4 Å². The van der Waals surface area contributed by atoms with Crippen LogP contribution in [0.1, 0.15) is 116 Å². The molecule has 0 spiro atoms. The highest BCUT2D eigenvalue weighted by Gasteiger charge is 2.78. The molecule has 2 saturated carbocycles. The Morgan fingerprint density at radius 2 is 1.38 bits per heavy atom. The van der Waals surface area contributed by atoms with E-state index in [0.717, 1.165) is 19.5 Å². The summed E-state index contributed by atoms with van der Waals surface area (Å²) in [5.74, 6) is -9.75. The van der Waals surface area contributed by atoms with Gasteiger partial charge in [0.1, 0.15) is 30.0 Å². The van der Waals surface area contributed by atoms with Gasteiger partial charge in [0, 0.05) is 62.4 Å². The van der Waals surface area contributed by atoms with Crippen LogP contribution in [0.25, 0.3) is 11.2 Å². The maximum Gasteiger partial charge on any atom is 0.338 e. The first-order valence-corrected chi connectivity index (χ1v) is 30.2. The SMILES string of the molecule is CC(=O)O[C@H]1C(=O)[C@@]2(C)[C@H]([C@H](OC(=O)c3ccccc3)[C@]3(O)C[C@H](OC(=O)[C@H](O)[C@@H](NC(=O)c4ccccc4)c4ccccc4)C(C)=C1C3(C)C)[C@]1(OC(C)=O)CO[C@@H]1C[C@@H]2O.CN(Cc1cnc2nc(N)nc(N)c2n1)c1ccc(C(=O)N[C@@H](CCC(=O)O)C(=O)O)cc1. The number of nitrogen functional groups attached to an aromatic ring is 2. The van der Waals surface area contributed by atoms with Crippen LogP contribution in [0.2, 0.25) is 0 Å².